The van der Waals surface area contributed by atoms with Crippen LogP contribution >= 0.6 is 11.8 Å². The Hall–Kier alpha value is -1.56. The van der Waals surface area contributed by atoms with Crippen LogP contribution in [0.25, 0.3) is 6.08 Å². The number of rotatable bonds is 5. The smallest absolute Gasteiger partial charge is 0.309 e. The number of thioether (sulfide) groups is 1. The maximum atomic E-state index is 11.5. The van der Waals surface area contributed by atoms with Crippen LogP contribution in [0.5, 0.6) is 0 Å². The zero-order chi connectivity index (χ0) is 12.7. The van der Waals surface area contributed by atoms with E-state index >= 15 is 0 Å². The van der Waals surface area contributed by atoms with E-state index in [0.717, 1.165) is 0 Å². The number of nitrogens with one attached hydrogen (secondary N) is 1. The number of aromatic nitrogens is 2. The van der Waals surface area contributed by atoms with Crippen molar-refractivity contribution in [3.8, 4) is 0 Å². The minimum Gasteiger partial charge on any atom is -0.466 e. The van der Waals surface area contributed by atoms with Crippen LogP contribution in [0, 0.1) is 0 Å². The van der Waals surface area contributed by atoms with Crippen LogP contribution in [0.4, 0.5) is 0 Å². The zero-order valence-electron chi connectivity index (χ0n) is 9.73. The zero-order valence-corrected chi connectivity index (χ0v) is 10.5. The highest BCUT2D eigenvalue weighted by Gasteiger charge is 2.00. The van der Waals surface area contributed by atoms with Gasteiger partial charge in [-0.2, -0.15) is 0 Å². The molecule has 0 spiro atoms. The van der Waals surface area contributed by atoms with E-state index in [-0.39, 0.29) is 17.9 Å². The molecule has 0 amide bonds. The summed E-state index contributed by atoms with van der Waals surface area (Å²) >= 11 is 1.36. The van der Waals surface area contributed by atoms with Gasteiger partial charge < -0.3 is 9.72 Å². The molecule has 1 N–H and O–H groups in total. The van der Waals surface area contributed by atoms with E-state index in [4.69, 9.17) is 4.74 Å². The van der Waals surface area contributed by atoms with Gasteiger partial charge in [-0.1, -0.05) is 23.9 Å². The molecule has 0 fully saturated rings. The Bertz CT molecular complexity index is 468. The molecule has 1 aromatic heterocycles. The van der Waals surface area contributed by atoms with E-state index in [9.17, 15) is 9.59 Å². The molecule has 6 heteroatoms. The first kappa shape index (κ1) is 13.5. The van der Waals surface area contributed by atoms with Crippen molar-refractivity contribution in [2.45, 2.75) is 18.5 Å². The van der Waals surface area contributed by atoms with E-state index in [0.29, 0.717) is 17.3 Å². The van der Waals surface area contributed by atoms with E-state index in [1.54, 1.807) is 19.1 Å². The third-order valence-corrected chi connectivity index (χ3v) is 2.48. The molecule has 92 valence electrons. The summed E-state index contributed by atoms with van der Waals surface area (Å²) in [6, 6.07) is 0. The Kier molecular flexibility index (Phi) is 5.48. The van der Waals surface area contributed by atoms with Crippen molar-refractivity contribution in [3.63, 3.8) is 0 Å². The number of nitrogens with zero attached hydrogens (tertiary/aromatic N) is 1. The SMILES string of the molecule is CCOC(=O)CC=Cc1cnc(SC)[nH]c1=O. The number of H-pyrrole nitrogens is 1. The van der Waals surface area contributed by atoms with E-state index < -0.39 is 0 Å². The van der Waals surface area contributed by atoms with Crippen LogP contribution < -0.4 is 5.56 Å². The van der Waals surface area contributed by atoms with Gasteiger partial charge in [-0.25, -0.2) is 4.98 Å². The van der Waals surface area contributed by atoms with E-state index in [1.165, 1.54) is 18.0 Å². The van der Waals surface area contributed by atoms with Crippen molar-refractivity contribution in [3.05, 3.63) is 28.2 Å². The second-order valence-electron chi connectivity index (χ2n) is 3.09. The van der Waals surface area contributed by atoms with Crippen molar-refractivity contribution in [1.29, 1.82) is 0 Å². The fourth-order valence-electron chi connectivity index (χ4n) is 1.11. The number of carbonyl (C=O) groups excluding carboxylic acids is 1. The Morgan fingerprint density at radius 2 is 2.41 bits per heavy atom. The van der Waals surface area contributed by atoms with E-state index in [1.807, 2.05) is 6.26 Å². The molecule has 0 unspecified atom stereocenters. The number of carbonyl (C=O) groups is 1. The third-order valence-electron chi connectivity index (χ3n) is 1.88. The third kappa shape index (κ3) is 4.44. The van der Waals surface area contributed by atoms with Crippen LogP contribution in [-0.2, 0) is 9.53 Å². The van der Waals surface area contributed by atoms with Crippen LogP contribution in [0.15, 0.2) is 22.2 Å². The molecular formula is C11H14N2O3S. The number of hydrogen-bond acceptors (Lipinski definition) is 5. The fraction of sp³-hybridized carbons (Fsp3) is 0.364. The lowest BCUT2D eigenvalue weighted by Gasteiger charge is -1.97. The topological polar surface area (TPSA) is 72.0 Å². The molecule has 0 aromatic carbocycles. The quantitative estimate of drug-likeness (QED) is 0.489. The van der Waals surface area contributed by atoms with Gasteiger partial charge in [-0.05, 0) is 13.2 Å². The summed E-state index contributed by atoms with van der Waals surface area (Å²) in [6.45, 7) is 2.11. The molecule has 1 aromatic rings. The van der Waals surface area contributed by atoms with Gasteiger partial charge in [0, 0.05) is 6.20 Å². The van der Waals surface area contributed by atoms with Crippen LogP contribution in [0.2, 0.25) is 0 Å². The highest BCUT2D eigenvalue weighted by molar-refractivity contribution is 7.98. The van der Waals surface area contributed by atoms with Crippen LogP contribution in [0.1, 0.15) is 18.9 Å². The molecule has 0 aliphatic carbocycles. The maximum Gasteiger partial charge on any atom is 0.309 e. The summed E-state index contributed by atoms with van der Waals surface area (Å²) in [6.07, 6.45) is 6.61. The summed E-state index contributed by atoms with van der Waals surface area (Å²) in [5, 5.41) is 0.567. The van der Waals surface area contributed by atoms with Crippen LogP contribution in [0.3, 0.4) is 0 Å². The minimum absolute atomic E-state index is 0.150. The van der Waals surface area contributed by atoms with E-state index in [2.05, 4.69) is 9.97 Å². The summed E-state index contributed by atoms with van der Waals surface area (Å²) in [5.41, 5.74) is 0.205. The summed E-state index contributed by atoms with van der Waals surface area (Å²) in [4.78, 5) is 29.2. The van der Waals surface area contributed by atoms with Gasteiger partial charge in [-0.15, -0.1) is 0 Å². The predicted molar refractivity (Wildman–Crippen MR) is 66.9 cm³/mol. The number of esters is 1. The summed E-state index contributed by atoms with van der Waals surface area (Å²) in [7, 11) is 0. The normalized spacial score (nSPS) is 10.7. The molecule has 0 bridgehead atoms. The lowest BCUT2D eigenvalue weighted by atomic mass is 10.3. The Labute approximate surface area is 103 Å². The van der Waals surface area contributed by atoms with Gasteiger partial charge >= 0.3 is 5.97 Å². The predicted octanol–water partition coefficient (Wildman–Crippen LogP) is 1.46. The van der Waals surface area contributed by atoms with Crippen molar-refractivity contribution in [2.75, 3.05) is 12.9 Å². The first-order valence-electron chi connectivity index (χ1n) is 5.12. The second kappa shape index (κ2) is 6.90. The standard InChI is InChI=1S/C11H14N2O3S/c1-3-16-9(14)6-4-5-8-7-12-11(17-2)13-10(8)15/h4-5,7H,3,6H2,1-2H3,(H,12,13,15). The van der Waals surface area contributed by atoms with Crippen LogP contribution in [-0.4, -0.2) is 28.8 Å². The lowest BCUT2D eigenvalue weighted by molar-refractivity contribution is -0.142. The van der Waals surface area contributed by atoms with Gasteiger partial charge in [0.05, 0.1) is 18.6 Å². The average Bonchev–Trinajstić information content (AvgIpc) is 2.31. The monoisotopic (exact) mass is 254 g/mol. The average molecular weight is 254 g/mol. The lowest BCUT2D eigenvalue weighted by Crippen LogP contribution is -2.11. The number of aromatic amines is 1. The maximum absolute atomic E-state index is 11.5. The fourth-order valence-corrected chi connectivity index (χ4v) is 1.47. The van der Waals surface area contributed by atoms with Gasteiger partial charge in [0.15, 0.2) is 5.16 Å². The Morgan fingerprint density at radius 1 is 1.65 bits per heavy atom. The highest BCUT2D eigenvalue weighted by atomic mass is 32.2. The highest BCUT2D eigenvalue weighted by Crippen LogP contribution is 2.05. The molecule has 17 heavy (non-hydrogen) atoms. The molecular weight excluding hydrogens is 240 g/mol. The number of hydrogen-bond donors (Lipinski definition) is 1. The van der Waals surface area contributed by atoms with Gasteiger partial charge in [0.25, 0.3) is 5.56 Å². The Morgan fingerprint density at radius 3 is 3.00 bits per heavy atom. The molecule has 0 radical (unpaired) electrons. The molecule has 0 atom stereocenters. The molecule has 1 rings (SSSR count). The second-order valence-corrected chi connectivity index (χ2v) is 3.88. The molecule has 0 aliphatic heterocycles. The summed E-state index contributed by atoms with van der Waals surface area (Å²) < 4.78 is 4.75. The molecule has 0 saturated carbocycles. The first-order chi connectivity index (χ1) is 8.17. The van der Waals surface area contributed by atoms with Crippen molar-refractivity contribution in [1.82, 2.24) is 9.97 Å². The minimum atomic E-state index is -0.311. The first-order valence-corrected chi connectivity index (χ1v) is 6.35. The van der Waals surface area contributed by atoms with Crippen molar-refractivity contribution in [2.24, 2.45) is 0 Å². The van der Waals surface area contributed by atoms with Gasteiger partial charge in [0.2, 0.25) is 0 Å². The van der Waals surface area contributed by atoms with Gasteiger partial charge in [-0.3, -0.25) is 9.59 Å². The Balaban J connectivity index is 2.66. The number of ether oxygens (including phenoxy) is 1. The largest absolute Gasteiger partial charge is 0.466 e. The molecule has 5 nitrogen and oxygen atoms in total. The molecule has 0 aliphatic rings. The summed E-state index contributed by atoms with van der Waals surface area (Å²) in [5.74, 6) is -0.311. The van der Waals surface area contributed by atoms with Crippen molar-refractivity contribution >= 4 is 23.8 Å². The molecule has 0 saturated heterocycles. The molecule has 1 heterocycles. The van der Waals surface area contributed by atoms with Crippen molar-refractivity contribution < 1.29 is 9.53 Å². The van der Waals surface area contributed by atoms with Gasteiger partial charge in [0.1, 0.15) is 0 Å².